The fourth-order valence-electron chi connectivity index (χ4n) is 1.30. The molecule has 1 aromatic heterocycles. The quantitative estimate of drug-likeness (QED) is 0.726. The maximum Gasteiger partial charge on any atom is 0.128 e. The lowest BCUT2D eigenvalue weighted by Gasteiger charge is -2.04. The minimum absolute atomic E-state index is 0.286. The van der Waals surface area contributed by atoms with E-state index in [9.17, 15) is 4.39 Å². The first-order chi connectivity index (χ1) is 6.59. The molecule has 0 aliphatic heterocycles. The number of aromatic nitrogens is 1. The Morgan fingerprint density at radius 1 is 1.43 bits per heavy atom. The van der Waals surface area contributed by atoms with Gasteiger partial charge in [0.1, 0.15) is 5.82 Å². The molecule has 0 aliphatic rings. The zero-order valence-electron chi connectivity index (χ0n) is 7.51. The van der Waals surface area contributed by atoms with E-state index in [-0.39, 0.29) is 5.82 Å². The summed E-state index contributed by atoms with van der Waals surface area (Å²) in [6.45, 7) is 1.67. The molecular weight excluding hydrogens is 203 g/mol. The number of hydrogen-bond donors (Lipinski definition) is 1. The molecule has 2 nitrogen and oxygen atoms in total. The average molecular weight is 211 g/mol. The van der Waals surface area contributed by atoms with Gasteiger partial charge in [0.25, 0.3) is 0 Å². The molecule has 0 fully saturated rings. The first kappa shape index (κ1) is 9.21. The van der Waals surface area contributed by atoms with E-state index in [1.807, 2.05) is 0 Å². The lowest BCUT2D eigenvalue weighted by molar-refractivity contribution is 0.620. The van der Waals surface area contributed by atoms with Crippen molar-refractivity contribution in [1.29, 1.82) is 0 Å². The summed E-state index contributed by atoms with van der Waals surface area (Å²) in [5, 5.41) is 1.11. The summed E-state index contributed by atoms with van der Waals surface area (Å²) in [5.41, 5.74) is 7.05. The number of nitrogen functional groups attached to an aromatic ring is 1. The highest BCUT2D eigenvalue weighted by atomic mass is 35.5. The number of pyridine rings is 1. The Kier molecular flexibility index (Phi) is 2.04. The molecule has 2 rings (SSSR count). The third-order valence-corrected chi connectivity index (χ3v) is 2.53. The van der Waals surface area contributed by atoms with Gasteiger partial charge in [-0.15, -0.1) is 0 Å². The topological polar surface area (TPSA) is 38.9 Å². The van der Waals surface area contributed by atoms with E-state index in [2.05, 4.69) is 4.98 Å². The SMILES string of the molecule is Cc1cc2c(Cl)c(N)cnc2cc1F. The van der Waals surface area contributed by atoms with Crippen LogP contribution in [0.4, 0.5) is 10.1 Å². The van der Waals surface area contributed by atoms with Gasteiger partial charge in [-0.3, -0.25) is 4.98 Å². The minimum Gasteiger partial charge on any atom is -0.396 e. The third kappa shape index (κ3) is 1.30. The van der Waals surface area contributed by atoms with Crippen LogP contribution in [0.25, 0.3) is 10.9 Å². The number of rotatable bonds is 0. The molecule has 0 spiro atoms. The minimum atomic E-state index is -0.286. The highest BCUT2D eigenvalue weighted by Crippen LogP contribution is 2.28. The van der Waals surface area contributed by atoms with Crippen molar-refractivity contribution in [2.75, 3.05) is 5.73 Å². The second-order valence-corrected chi connectivity index (χ2v) is 3.52. The summed E-state index contributed by atoms with van der Waals surface area (Å²) in [5.74, 6) is -0.286. The molecule has 1 heterocycles. The summed E-state index contributed by atoms with van der Waals surface area (Å²) in [4.78, 5) is 3.99. The molecule has 0 aliphatic carbocycles. The monoisotopic (exact) mass is 210 g/mol. The van der Waals surface area contributed by atoms with Crippen LogP contribution in [-0.4, -0.2) is 4.98 Å². The largest absolute Gasteiger partial charge is 0.396 e. The number of anilines is 1. The zero-order chi connectivity index (χ0) is 10.3. The lowest BCUT2D eigenvalue weighted by Crippen LogP contribution is -1.92. The van der Waals surface area contributed by atoms with Crippen molar-refractivity contribution in [3.8, 4) is 0 Å². The van der Waals surface area contributed by atoms with Crippen LogP contribution in [-0.2, 0) is 0 Å². The number of benzene rings is 1. The Morgan fingerprint density at radius 3 is 2.86 bits per heavy atom. The number of fused-ring (bicyclic) bond motifs is 1. The maximum atomic E-state index is 13.2. The first-order valence-corrected chi connectivity index (χ1v) is 4.47. The number of nitrogens with zero attached hydrogens (tertiary/aromatic N) is 1. The van der Waals surface area contributed by atoms with Crippen LogP contribution >= 0.6 is 11.6 Å². The van der Waals surface area contributed by atoms with Crippen LogP contribution in [0.5, 0.6) is 0 Å². The van der Waals surface area contributed by atoms with E-state index in [0.717, 1.165) is 0 Å². The van der Waals surface area contributed by atoms with Gasteiger partial charge >= 0.3 is 0 Å². The molecule has 4 heteroatoms. The summed E-state index contributed by atoms with van der Waals surface area (Å²) < 4.78 is 13.2. The van der Waals surface area contributed by atoms with E-state index < -0.39 is 0 Å². The number of hydrogen-bond acceptors (Lipinski definition) is 2. The van der Waals surface area contributed by atoms with Crippen LogP contribution in [0.15, 0.2) is 18.3 Å². The Bertz CT molecular complexity index is 511. The standard InChI is InChI=1S/C10H8ClFN2/c1-5-2-6-9(3-7(5)12)14-4-8(13)10(6)11/h2-4H,13H2,1H3. The molecule has 0 bridgehead atoms. The molecule has 0 saturated heterocycles. The Morgan fingerprint density at radius 2 is 2.14 bits per heavy atom. The number of aryl methyl sites for hydroxylation is 1. The van der Waals surface area contributed by atoms with Gasteiger partial charge < -0.3 is 5.73 Å². The van der Waals surface area contributed by atoms with Crippen LogP contribution in [0.1, 0.15) is 5.56 Å². The Labute approximate surface area is 85.5 Å². The number of nitrogens with two attached hydrogens (primary N) is 1. The summed E-state index contributed by atoms with van der Waals surface area (Å²) in [7, 11) is 0. The molecule has 14 heavy (non-hydrogen) atoms. The molecule has 2 aromatic rings. The Balaban J connectivity index is 2.89. The zero-order valence-corrected chi connectivity index (χ0v) is 8.27. The van der Waals surface area contributed by atoms with E-state index in [1.165, 1.54) is 12.3 Å². The second kappa shape index (κ2) is 3.10. The normalized spacial score (nSPS) is 10.8. The van der Waals surface area contributed by atoms with E-state index >= 15 is 0 Å². The van der Waals surface area contributed by atoms with Crippen molar-refractivity contribution < 1.29 is 4.39 Å². The van der Waals surface area contributed by atoms with Gasteiger partial charge in [-0.1, -0.05) is 11.6 Å². The van der Waals surface area contributed by atoms with Crippen LogP contribution in [0, 0.1) is 12.7 Å². The van der Waals surface area contributed by atoms with Crippen LogP contribution < -0.4 is 5.73 Å². The first-order valence-electron chi connectivity index (χ1n) is 4.09. The molecule has 0 radical (unpaired) electrons. The van der Waals surface area contributed by atoms with Crippen LogP contribution in [0.2, 0.25) is 5.02 Å². The Hall–Kier alpha value is -1.35. The molecule has 0 unspecified atom stereocenters. The van der Waals surface area contributed by atoms with Gasteiger partial charge in [0.05, 0.1) is 22.4 Å². The highest BCUT2D eigenvalue weighted by molar-refractivity contribution is 6.37. The smallest absolute Gasteiger partial charge is 0.128 e. The van der Waals surface area contributed by atoms with E-state index in [0.29, 0.717) is 27.2 Å². The predicted octanol–water partition coefficient (Wildman–Crippen LogP) is 2.92. The number of halogens is 2. The summed E-state index contributed by atoms with van der Waals surface area (Å²) in [6.07, 6.45) is 1.43. The van der Waals surface area contributed by atoms with E-state index in [1.54, 1.807) is 13.0 Å². The van der Waals surface area contributed by atoms with Gasteiger partial charge in [0, 0.05) is 11.5 Å². The molecule has 72 valence electrons. The van der Waals surface area contributed by atoms with Crippen molar-refractivity contribution in [3.05, 3.63) is 34.7 Å². The van der Waals surface area contributed by atoms with Gasteiger partial charge in [-0.05, 0) is 18.6 Å². The van der Waals surface area contributed by atoms with Crippen LogP contribution in [0.3, 0.4) is 0 Å². The molecule has 0 amide bonds. The molecule has 2 N–H and O–H groups in total. The maximum absolute atomic E-state index is 13.2. The summed E-state index contributed by atoms with van der Waals surface area (Å²) in [6, 6.07) is 3.01. The van der Waals surface area contributed by atoms with Gasteiger partial charge in [0.15, 0.2) is 0 Å². The fraction of sp³-hybridized carbons (Fsp3) is 0.100. The molecular formula is C10H8ClFN2. The van der Waals surface area contributed by atoms with Crippen molar-refractivity contribution >= 4 is 28.2 Å². The van der Waals surface area contributed by atoms with Crippen molar-refractivity contribution in [2.45, 2.75) is 6.92 Å². The second-order valence-electron chi connectivity index (χ2n) is 3.15. The summed E-state index contributed by atoms with van der Waals surface area (Å²) >= 11 is 5.96. The third-order valence-electron chi connectivity index (χ3n) is 2.11. The van der Waals surface area contributed by atoms with Gasteiger partial charge in [-0.25, -0.2) is 4.39 Å². The molecule has 1 aromatic carbocycles. The van der Waals surface area contributed by atoms with Gasteiger partial charge in [-0.2, -0.15) is 0 Å². The van der Waals surface area contributed by atoms with Crippen molar-refractivity contribution in [2.24, 2.45) is 0 Å². The average Bonchev–Trinajstić information content (AvgIpc) is 2.15. The molecule has 0 saturated carbocycles. The van der Waals surface area contributed by atoms with Gasteiger partial charge in [0.2, 0.25) is 0 Å². The van der Waals surface area contributed by atoms with Crippen molar-refractivity contribution in [1.82, 2.24) is 4.98 Å². The fourth-order valence-corrected chi connectivity index (χ4v) is 1.51. The molecule has 0 atom stereocenters. The lowest BCUT2D eigenvalue weighted by atomic mass is 10.1. The predicted molar refractivity (Wildman–Crippen MR) is 55.9 cm³/mol. The highest BCUT2D eigenvalue weighted by Gasteiger charge is 2.07. The van der Waals surface area contributed by atoms with E-state index in [4.69, 9.17) is 17.3 Å². The van der Waals surface area contributed by atoms with Crippen molar-refractivity contribution in [3.63, 3.8) is 0 Å².